The van der Waals surface area contributed by atoms with Crippen LogP contribution in [0.15, 0.2) is 0 Å². The smallest absolute Gasteiger partial charge is 0.236 e. The third-order valence-electron chi connectivity index (χ3n) is 1.27. The van der Waals surface area contributed by atoms with Gasteiger partial charge >= 0.3 is 0 Å². The zero-order valence-electron chi connectivity index (χ0n) is 7.00. The lowest BCUT2D eigenvalue weighted by Crippen LogP contribution is -2.39. The van der Waals surface area contributed by atoms with Crippen molar-refractivity contribution in [2.45, 2.75) is 32.4 Å². The Morgan fingerprint density at radius 2 is 2.18 bits per heavy atom. The van der Waals surface area contributed by atoms with Gasteiger partial charge in [0.05, 0.1) is 12.1 Å². The minimum Gasteiger partial charge on any atom is -0.393 e. The fraction of sp³-hybridized carbons (Fsp3) is 0.857. The molecule has 0 fully saturated rings. The van der Waals surface area contributed by atoms with Crippen molar-refractivity contribution in [2.24, 2.45) is 5.73 Å². The molecule has 0 aromatic rings. The van der Waals surface area contributed by atoms with Gasteiger partial charge in [0.1, 0.15) is 0 Å². The molecule has 0 saturated heterocycles. The summed E-state index contributed by atoms with van der Waals surface area (Å²) < 4.78 is 0. The second-order valence-corrected chi connectivity index (χ2v) is 2.72. The summed E-state index contributed by atoms with van der Waals surface area (Å²) >= 11 is 0. The molecule has 4 heteroatoms. The number of hydrogen-bond donors (Lipinski definition) is 3. The van der Waals surface area contributed by atoms with Gasteiger partial charge in [-0.2, -0.15) is 0 Å². The van der Waals surface area contributed by atoms with Crippen LogP contribution in [0.25, 0.3) is 0 Å². The minimum absolute atomic E-state index is 0.175. The number of rotatable bonds is 4. The van der Waals surface area contributed by atoms with Crippen LogP contribution < -0.4 is 11.1 Å². The fourth-order valence-electron chi connectivity index (χ4n) is 0.565. The van der Waals surface area contributed by atoms with Crippen molar-refractivity contribution in [3.8, 4) is 0 Å². The molecule has 0 unspecified atom stereocenters. The lowest BCUT2D eigenvalue weighted by molar-refractivity contribution is -0.122. The zero-order chi connectivity index (χ0) is 8.85. The van der Waals surface area contributed by atoms with E-state index < -0.39 is 6.04 Å². The van der Waals surface area contributed by atoms with Crippen LogP contribution in [0.2, 0.25) is 0 Å². The van der Waals surface area contributed by atoms with E-state index in [1.165, 1.54) is 0 Å². The van der Waals surface area contributed by atoms with Crippen molar-refractivity contribution in [2.75, 3.05) is 6.54 Å². The number of aliphatic hydroxyl groups is 1. The second-order valence-electron chi connectivity index (χ2n) is 2.72. The van der Waals surface area contributed by atoms with Crippen LogP contribution in [0, 0.1) is 0 Å². The number of carbonyl (C=O) groups is 1. The van der Waals surface area contributed by atoms with Crippen molar-refractivity contribution in [3.63, 3.8) is 0 Å². The number of hydrogen-bond acceptors (Lipinski definition) is 3. The van der Waals surface area contributed by atoms with E-state index in [-0.39, 0.29) is 12.0 Å². The van der Waals surface area contributed by atoms with Crippen LogP contribution in [0.3, 0.4) is 0 Å². The molecule has 4 nitrogen and oxygen atoms in total. The van der Waals surface area contributed by atoms with E-state index in [9.17, 15) is 4.79 Å². The summed E-state index contributed by atoms with van der Waals surface area (Å²) in [7, 11) is 0. The van der Waals surface area contributed by atoms with Crippen LogP contribution in [0.1, 0.15) is 20.3 Å². The number of nitrogens with one attached hydrogen (secondary N) is 1. The van der Waals surface area contributed by atoms with Crippen molar-refractivity contribution < 1.29 is 9.90 Å². The first kappa shape index (κ1) is 10.4. The normalized spacial score (nSPS) is 15.6. The SMILES string of the molecule is C[C@H](N)C(=O)NCC[C@@H](C)O. The van der Waals surface area contributed by atoms with Crippen LogP contribution >= 0.6 is 0 Å². The summed E-state index contributed by atoms with van der Waals surface area (Å²) in [5, 5.41) is 11.4. The number of amides is 1. The molecule has 0 radical (unpaired) electrons. The minimum atomic E-state index is -0.469. The first-order valence-electron chi connectivity index (χ1n) is 3.75. The highest BCUT2D eigenvalue weighted by Crippen LogP contribution is 1.86. The standard InChI is InChI=1S/C7H16N2O2/c1-5(10)3-4-9-7(11)6(2)8/h5-6,10H,3-4,8H2,1-2H3,(H,9,11)/t5-,6+/m1/s1. The van der Waals surface area contributed by atoms with E-state index in [0.29, 0.717) is 13.0 Å². The fourth-order valence-corrected chi connectivity index (χ4v) is 0.565. The molecular weight excluding hydrogens is 144 g/mol. The highest BCUT2D eigenvalue weighted by molar-refractivity contribution is 5.80. The topological polar surface area (TPSA) is 75.4 Å². The first-order valence-corrected chi connectivity index (χ1v) is 3.75. The molecule has 0 aromatic carbocycles. The number of carbonyl (C=O) groups excluding carboxylic acids is 1. The Balaban J connectivity index is 3.32. The quantitative estimate of drug-likeness (QED) is 0.505. The summed E-state index contributed by atoms with van der Waals surface area (Å²) in [6, 6.07) is -0.469. The maximum absolute atomic E-state index is 10.8. The van der Waals surface area contributed by atoms with Gasteiger partial charge in [-0.1, -0.05) is 0 Å². The Bertz CT molecular complexity index is 124. The molecule has 0 rings (SSSR count). The molecule has 0 saturated carbocycles. The highest BCUT2D eigenvalue weighted by Gasteiger charge is 2.05. The third-order valence-corrected chi connectivity index (χ3v) is 1.27. The summed E-state index contributed by atoms with van der Waals surface area (Å²) in [6.07, 6.45) is 0.196. The highest BCUT2D eigenvalue weighted by atomic mass is 16.3. The van der Waals surface area contributed by atoms with Gasteiger partial charge in [0.15, 0.2) is 0 Å². The zero-order valence-corrected chi connectivity index (χ0v) is 7.00. The molecule has 4 N–H and O–H groups in total. The summed E-state index contributed by atoms with van der Waals surface area (Å²) in [5.74, 6) is -0.175. The third kappa shape index (κ3) is 5.82. The van der Waals surface area contributed by atoms with E-state index >= 15 is 0 Å². The molecule has 0 heterocycles. The van der Waals surface area contributed by atoms with Gasteiger partial charge < -0.3 is 16.2 Å². The molecule has 2 atom stereocenters. The predicted octanol–water partition coefficient (Wildman–Crippen LogP) is -0.779. The van der Waals surface area contributed by atoms with Gasteiger partial charge in [-0.05, 0) is 20.3 Å². The van der Waals surface area contributed by atoms with Gasteiger partial charge in [0.25, 0.3) is 0 Å². The molecule has 0 bridgehead atoms. The van der Waals surface area contributed by atoms with Crippen molar-refractivity contribution in [3.05, 3.63) is 0 Å². The molecule has 0 spiro atoms. The lowest BCUT2D eigenvalue weighted by atomic mass is 10.3. The van der Waals surface area contributed by atoms with Gasteiger partial charge in [0, 0.05) is 6.54 Å². The number of nitrogens with two attached hydrogens (primary N) is 1. The molecule has 1 amide bonds. The first-order chi connectivity index (χ1) is 5.04. The van der Waals surface area contributed by atoms with E-state index in [0.717, 1.165) is 0 Å². The monoisotopic (exact) mass is 160 g/mol. The Morgan fingerprint density at radius 1 is 1.64 bits per heavy atom. The summed E-state index contributed by atoms with van der Waals surface area (Å²) in [5.41, 5.74) is 5.28. The van der Waals surface area contributed by atoms with Crippen molar-refractivity contribution in [1.29, 1.82) is 0 Å². The predicted molar refractivity (Wildman–Crippen MR) is 43.0 cm³/mol. The Kier molecular flexibility index (Phi) is 4.81. The van der Waals surface area contributed by atoms with Crippen LogP contribution in [0.5, 0.6) is 0 Å². The van der Waals surface area contributed by atoms with Crippen molar-refractivity contribution in [1.82, 2.24) is 5.32 Å². The van der Waals surface area contributed by atoms with E-state index in [1.807, 2.05) is 0 Å². The van der Waals surface area contributed by atoms with Gasteiger partial charge in [-0.15, -0.1) is 0 Å². The Labute approximate surface area is 66.8 Å². The van der Waals surface area contributed by atoms with Crippen LogP contribution in [0.4, 0.5) is 0 Å². The average molecular weight is 160 g/mol. The van der Waals surface area contributed by atoms with Crippen molar-refractivity contribution >= 4 is 5.91 Å². The van der Waals surface area contributed by atoms with E-state index in [1.54, 1.807) is 13.8 Å². The molecule has 66 valence electrons. The maximum atomic E-state index is 10.8. The average Bonchev–Trinajstić information content (AvgIpc) is 1.86. The van der Waals surface area contributed by atoms with Gasteiger partial charge in [0.2, 0.25) is 5.91 Å². The Morgan fingerprint density at radius 3 is 2.55 bits per heavy atom. The Hall–Kier alpha value is -0.610. The maximum Gasteiger partial charge on any atom is 0.236 e. The molecule has 0 aliphatic rings. The molecule has 0 aliphatic carbocycles. The van der Waals surface area contributed by atoms with E-state index in [2.05, 4.69) is 5.32 Å². The lowest BCUT2D eigenvalue weighted by Gasteiger charge is -2.08. The second kappa shape index (κ2) is 5.09. The molecular formula is C7H16N2O2. The largest absolute Gasteiger partial charge is 0.393 e. The summed E-state index contributed by atoms with van der Waals surface area (Å²) in [6.45, 7) is 3.79. The van der Waals surface area contributed by atoms with Gasteiger partial charge in [-0.25, -0.2) is 0 Å². The molecule has 0 aromatic heterocycles. The number of aliphatic hydroxyl groups excluding tert-OH is 1. The van der Waals surface area contributed by atoms with Gasteiger partial charge in [-0.3, -0.25) is 4.79 Å². The molecule has 0 aliphatic heterocycles. The van der Waals surface area contributed by atoms with Crippen LogP contribution in [-0.4, -0.2) is 29.7 Å². The summed E-state index contributed by atoms with van der Waals surface area (Å²) in [4.78, 5) is 10.8. The van der Waals surface area contributed by atoms with E-state index in [4.69, 9.17) is 10.8 Å². The molecule has 11 heavy (non-hydrogen) atoms. The van der Waals surface area contributed by atoms with Crippen LogP contribution in [-0.2, 0) is 4.79 Å².